The summed E-state index contributed by atoms with van der Waals surface area (Å²) >= 11 is 3.74. The molecule has 12 aromatic rings. The Kier molecular flexibility index (Phi) is 7.62. The van der Waals surface area contributed by atoms with Gasteiger partial charge in [0.25, 0.3) is 0 Å². The molecule has 0 saturated carbocycles. The van der Waals surface area contributed by atoms with Crippen LogP contribution in [0, 0.1) is 0 Å². The van der Waals surface area contributed by atoms with Gasteiger partial charge in [-0.05, 0) is 64.7 Å². The number of fused-ring (bicyclic) bond motifs is 9. The van der Waals surface area contributed by atoms with E-state index in [4.69, 9.17) is 4.42 Å². The SMILES string of the molecule is c1ccc(-c2ccc3sc4c(-c5ccccc5)cccc4c3c2N(c2ccc3c(c2)sc2ccccc23)c2ccc(-c3ccccc3)c3oc4ccccc4c23)cc1. The summed E-state index contributed by atoms with van der Waals surface area (Å²) in [6, 6.07) is 72.6. The summed E-state index contributed by atoms with van der Waals surface area (Å²) < 4.78 is 12.0. The lowest BCUT2D eigenvalue weighted by molar-refractivity contribution is 0.670. The van der Waals surface area contributed by atoms with E-state index in [1.54, 1.807) is 0 Å². The summed E-state index contributed by atoms with van der Waals surface area (Å²) in [6.45, 7) is 0. The maximum atomic E-state index is 6.91. The molecule has 272 valence electrons. The standard InChI is InChI=1S/C54H33NOS2/c1-4-15-34(16-5-1)38-30-32-48-51(44-24-14-23-40(54(44)58-48)36-19-8-3-9-20-36)52(38)55(37-27-28-42-41-21-11-13-26-47(41)57-49(42)33-37)45-31-29-39(35-17-6-2-7-18-35)53-50(45)43-22-10-12-25-46(43)56-53/h1-33H. The van der Waals surface area contributed by atoms with Crippen LogP contribution in [0.1, 0.15) is 0 Å². The number of rotatable bonds is 6. The normalized spacial score (nSPS) is 11.8. The van der Waals surface area contributed by atoms with Crippen LogP contribution in [0.3, 0.4) is 0 Å². The van der Waals surface area contributed by atoms with Crippen molar-refractivity contribution >= 4 is 102 Å². The topological polar surface area (TPSA) is 16.4 Å². The maximum Gasteiger partial charge on any atom is 0.145 e. The molecule has 4 heteroatoms. The Balaban J connectivity index is 1.25. The smallest absolute Gasteiger partial charge is 0.145 e. The first-order valence-electron chi connectivity index (χ1n) is 19.6. The number of hydrogen-bond donors (Lipinski definition) is 0. The van der Waals surface area contributed by atoms with Crippen molar-refractivity contribution in [3.05, 3.63) is 200 Å². The highest BCUT2D eigenvalue weighted by molar-refractivity contribution is 7.26. The second-order valence-corrected chi connectivity index (χ2v) is 16.9. The fraction of sp³-hybridized carbons (Fsp3) is 0. The summed E-state index contributed by atoms with van der Waals surface area (Å²) in [6.07, 6.45) is 0. The number of furan rings is 1. The van der Waals surface area contributed by atoms with Crippen LogP contribution in [0.5, 0.6) is 0 Å². The minimum Gasteiger partial charge on any atom is -0.455 e. The van der Waals surface area contributed by atoms with E-state index in [9.17, 15) is 0 Å². The first kappa shape index (κ1) is 33.2. The average Bonchev–Trinajstić information content (AvgIpc) is 3.99. The van der Waals surface area contributed by atoms with Crippen LogP contribution in [0.25, 0.3) is 95.7 Å². The summed E-state index contributed by atoms with van der Waals surface area (Å²) in [5, 5.41) is 7.24. The Morgan fingerprint density at radius 2 is 1.00 bits per heavy atom. The summed E-state index contributed by atoms with van der Waals surface area (Å²) in [4.78, 5) is 2.54. The number of benzene rings is 9. The molecule has 0 aliphatic heterocycles. The van der Waals surface area contributed by atoms with Crippen LogP contribution in [-0.2, 0) is 0 Å². The van der Waals surface area contributed by atoms with Gasteiger partial charge in [-0.1, -0.05) is 158 Å². The van der Waals surface area contributed by atoms with E-state index in [1.165, 1.54) is 62.6 Å². The number of thiophene rings is 2. The number of anilines is 3. The number of hydrogen-bond acceptors (Lipinski definition) is 4. The van der Waals surface area contributed by atoms with Gasteiger partial charge in [0.1, 0.15) is 11.2 Å². The van der Waals surface area contributed by atoms with Crippen molar-refractivity contribution in [1.29, 1.82) is 0 Å². The molecule has 0 aliphatic carbocycles. The molecule has 2 nitrogen and oxygen atoms in total. The summed E-state index contributed by atoms with van der Waals surface area (Å²) in [5.41, 5.74) is 12.1. The Bertz CT molecular complexity index is 3510. The molecule has 0 aliphatic rings. The average molecular weight is 776 g/mol. The Morgan fingerprint density at radius 1 is 0.379 bits per heavy atom. The minimum absolute atomic E-state index is 0.872. The molecule has 0 radical (unpaired) electrons. The Hall–Kier alpha value is -6.98. The molecule has 9 aromatic carbocycles. The molecule has 0 bridgehead atoms. The lowest BCUT2D eigenvalue weighted by Crippen LogP contribution is -2.12. The lowest BCUT2D eigenvalue weighted by atomic mass is 9.95. The molecule has 0 atom stereocenters. The lowest BCUT2D eigenvalue weighted by Gasteiger charge is -2.30. The van der Waals surface area contributed by atoms with E-state index in [0.29, 0.717) is 0 Å². The predicted molar refractivity (Wildman–Crippen MR) is 250 cm³/mol. The fourth-order valence-corrected chi connectivity index (χ4v) is 11.3. The highest BCUT2D eigenvalue weighted by atomic mass is 32.1. The van der Waals surface area contributed by atoms with Crippen LogP contribution in [0.15, 0.2) is 205 Å². The van der Waals surface area contributed by atoms with Crippen LogP contribution in [-0.4, -0.2) is 0 Å². The van der Waals surface area contributed by atoms with Gasteiger partial charge >= 0.3 is 0 Å². The van der Waals surface area contributed by atoms with Gasteiger partial charge in [-0.3, -0.25) is 0 Å². The first-order valence-corrected chi connectivity index (χ1v) is 21.2. The Morgan fingerprint density at radius 3 is 1.78 bits per heavy atom. The van der Waals surface area contributed by atoms with Crippen molar-refractivity contribution in [3.63, 3.8) is 0 Å². The third kappa shape index (κ3) is 5.16. The van der Waals surface area contributed by atoms with Crippen molar-refractivity contribution in [3.8, 4) is 33.4 Å². The summed E-state index contributed by atoms with van der Waals surface area (Å²) in [7, 11) is 0. The van der Waals surface area contributed by atoms with E-state index in [2.05, 4.69) is 205 Å². The fourth-order valence-electron chi connectivity index (χ4n) is 8.88. The van der Waals surface area contributed by atoms with Crippen LogP contribution in [0.4, 0.5) is 17.1 Å². The van der Waals surface area contributed by atoms with Gasteiger partial charge in [-0.15, -0.1) is 22.7 Å². The van der Waals surface area contributed by atoms with Crippen LogP contribution in [0.2, 0.25) is 0 Å². The molecular weight excluding hydrogens is 743 g/mol. The van der Waals surface area contributed by atoms with Gasteiger partial charge in [-0.25, -0.2) is 0 Å². The van der Waals surface area contributed by atoms with Gasteiger partial charge in [-0.2, -0.15) is 0 Å². The van der Waals surface area contributed by atoms with Gasteiger partial charge in [0.05, 0.1) is 16.8 Å². The quantitative estimate of drug-likeness (QED) is 0.167. The second-order valence-electron chi connectivity index (χ2n) is 14.8. The third-order valence-electron chi connectivity index (χ3n) is 11.5. The third-order valence-corrected chi connectivity index (χ3v) is 13.8. The summed E-state index contributed by atoms with van der Waals surface area (Å²) in [5.74, 6) is 0. The Labute approximate surface area is 343 Å². The van der Waals surface area contributed by atoms with E-state index >= 15 is 0 Å². The van der Waals surface area contributed by atoms with E-state index < -0.39 is 0 Å². The molecule has 0 saturated heterocycles. The molecule has 0 fully saturated rings. The highest BCUT2D eigenvalue weighted by Crippen LogP contribution is 2.54. The molecule has 0 amide bonds. The first-order chi connectivity index (χ1) is 28.8. The monoisotopic (exact) mass is 775 g/mol. The second kappa shape index (κ2) is 13.3. The van der Waals surface area contributed by atoms with E-state index in [1.807, 2.05) is 22.7 Å². The molecule has 0 N–H and O–H groups in total. The zero-order valence-electron chi connectivity index (χ0n) is 31.2. The van der Waals surface area contributed by atoms with E-state index in [-0.39, 0.29) is 0 Å². The molecular formula is C54H33NOS2. The molecule has 0 spiro atoms. The van der Waals surface area contributed by atoms with Gasteiger partial charge < -0.3 is 9.32 Å². The van der Waals surface area contributed by atoms with Gasteiger partial charge in [0, 0.05) is 62.5 Å². The van der Waals surface area contributed by atoms with Crippen molar-refractivity contribution in [2.45, 2.75) is 0 Å². The maximum absolute atomic E-state index is 6.91. The van der Waals surface area contributed by atoms with Crippen LogP contribution < -0.4 is 4.90 Å². The molecule has 3 heterocycles. The van der Waals surface area contributed by atoms with Gasteiger partial charge in [0.15, 0.2) is 0 Å². The zero-order chi connectivity index (χ0) is 38.2. The van der Waals surface area contributed by atoms with Crippen molar-refractivity contribution in [2.75, 3.05) is 4.90 Å². The van der Waals surface area contributed by atoms with Crippen molar-refractivity contribution in [2.24, 2.45) is 0 Å². The predicted octanol–water partition coefficient (Wildman–Crippen LogP) is 16.8. The van der Waals surface area contributed by atoms with Crippen molar-refractivity contribution < 1.29 is 4.42 Å². The van der Waals surface area contributed by atoms with Crippen molar-refractivity contribution in [1.82, 2.24) is 0 Å². The molecule has 58 heavy (non-hydrogen) atoms. The van der Waals surface area contributed by atoms with Gasteiger partial charge in [0.2, 0.25) is 0 Å². The molecule has 3 aromatic heterocycles. The largest absolute Gasteiger partial charge is 0.455 e. The number of para-hydroxylation sites is 1. The van der Waals surface area contributed by atoms with E-state index in [0.717, 1.165) is 50.1 Å². The van der Waals surface area contributed by atoms with Crippen LogP contribution >= 0.6 is 22.7 Å². The number of nitrogens with zero attached hydrogens (tertiary/aromatic N) is 1. The minimum atomic E-state index is 0.872. The zero-order valence-corrected chi connectivity index (χ0v) is 32.9. The molecule has 12 rings (SSSR count). The highest BCUT2D eigenvalue weighted by Gasteiger charge is 2.28. The molecule has 0 unspecified atom stereocenters.